The summed E-state index contributed by atoms with van der Waals surface area (Å²) in [4.78, 5) is 38.9. The highest BCUT2D eigenvalue weighted by Crippen LogP contribution is 1.94. The van der Waals surface area contributed by atoms with Crippen molar-refractivity contribution in [3.8, 4) is 0 Å². The van der Waals surface area contributed by atoms with Crippen LogP contribution in [0.3, 0.4) is 0 Å². The number of carboxylic acid groups (broad SMARTS) is 2. The van der Waals surface area contributed by atoms with E-state index < -0.39 is 17.9 Å². The predicted molar refractivity (Wildman–Crippen MR) is 41.2 cm³/mol. The molecule has 80 valence electrons. The van der Waals surface area contributed by atoms with Crippen molar-refractivity contribution in [1.29, 1.82) is 0 Å². The van der Waals surface area contributed by atoms with Crippen LogP contribution < -0.4 is 0 Å². The van der Waals surface area contributed by atoms with E-state index in [0.29, 0.717) is 0 Å². The van der Waals surface area contributed by atoms with E-state index in [9.17, 15) is 14.4 Å². The zero-order chi connectivity index (χ0) is 11.0. The number of carboxylic acids is 2. The molecule has 0 rings (SSSR count). The van der Waals surface area contributed by atoms with Crippen LogP contribution in [0, 0.1) is 0 Å². The highest BCUT2D eigenvalue weighted by molar-refractivity contribution is 5.76. The predicted octanol–water partition coefficient (Wildman–Crippen LogP) is -0.199. The lowest BCUT2D eigenvalue weighted by Gasteiger charge is -2.00. The van der Waals surface area contributed by atoms with Crippen LogP contribution in [0.15, 0.2) is 0 Å². The first-order chi connectivity index (χ1) is 6.52. The SMILES string of the molecule is O=C(O)CCOOC(=O)CCC(=O)O. The first-order valence-electron chi connectivity index (χ1n) is 3.78. The molecule has 0 aliphatic carbocycles. The van der Waals surface area contributed by atoms with Crippen molar-refractivity contribution in [3.05, 3.63) is 0 Å². The van der Waals surface area contributed by atoms with Crippen molar-refractivity contribution >= 4 is 17.9 Å². The van der Waals surface area contributed by atoms with Crippen LogP contribution in [0.4, 0.5) is 0 Å². The smallest absolute Gasteiger partial charge is 0.342 e. The van der Waals surface area contributed by atoms with Gasteiger partial charge in [0.1, 0.15) is 6.61 Å². The summed E-state index contributed by atoms with van der Waals surface area (Å²) < 4.78 is 0. The molecule has 0 spiro atoms. The van der Waals surface area contributed by atoms with Gasteiger partial charge in [-0.15, -0.1) is 0 Å². The van der Waals surface area contributed by atoms with Crippen LogP contribution in [0.25, 0.3) is 0 Å². The molecule has 0 aromatic rings. The first-order valence-corrected chi connectivity index (χ1v) is 3.78. The Morgan fingerprint density at radius 1 is 0.929 bits per heavy atom. The quantitative estimate of drug-likeness (QED) is 0.337. The fourth-order valence-electron chi connectivity index (χ4n) is 0.487. The van der Waals surface area contributed by atoms with E-state index in [1.165, 1.54) is 0 Å². The molecule has 0 aromatic heterocycles. The average molecular weight is 206 g/mol. The van der Waals surface area contributed by atoms with E-state index in [2.05, 4.69) is 9.78 Å². The lowest BCUT2D eigenvalue weighted by molar-refractivity contribution is -0.272. The summed E-state index contributed by atoms with van der Waals surface area (Å²) in [5.41, 5.74) is 0. The highest BCUT2D eigenvalue weighted by Gasteiger charge is 2.07. The van der Waals surface area contributed by atoms with E-state index in [1.807, 2.05) is 0 Å². The minimum atomic E-state index is -1.12. The van der Waals surface area contributed by atoms with Gasteiger partial charge < -0.3 is 10.2 Å². The first kappa shape index (κ1) is 12.4. The van der Waals surface area contributed by atoms with E-state index in [-0.39, 0.29) is 25.9 Å². The third-order valence-electron chi connectivity index (χ3n) is 1.09. The number of hydrogen-bond donors (Lipinski definition) is 2. The second-order valence-electron chi connectivity index (χ2n) is 2.31. The van der Waals surface area contributed by atoms with E-state index in [0.717, 1.165) is 0 Å². The molecule has 0 unspecified atom stereocenters. The Hall–Kier alpha value is -1.63. The summed E-state index contributed by atoms with van der Waals surface area (Å²) >= 11 is 0. The summed E-state index contributed by atoms with van der Waals surface area (Å²) in [7, 11) is 0. The van der Waals surface area contributed by atoms with Crippen LogP contribution in [0.5, 0.6) is 0 Å². The van der Waals surface area contributed by atoms with Crippen LogP contribution in [0.2, 0.25) is 0 Å². The van der Waals surface area contributed by atoms with Crippen LogP contribution >= 0.6 is 0 Å². The Bertz CT molecular complexity index is 222. The Labute approximate surface area is 79.2 Å². The standard InChI is InChI=1S/C7H10O7/c8-5(9)1-2-7(12)14-13-4-3-6(10)11/h1-4H2,(H,8,9)(H,10,11). The van der Waals surface area contributed by atoms with Gasteiger partial charge in [0.15, 0.2) is 0 Å². The van der Waals surface area contributed by atoms with Gasteiger partial charge in [0.2, 0.25) is 0 Å². The van der Waals surface area contributed by atoms with Crippen molar-refractivity contribution in [2.75, 3.05) is 6.61 Å². The largest absolute Gasteiger partial charge is 0.481 e. The van der Waals surface area contributed by atoms with E-state index in [4.69, 9.17) is 10.2 Å². The van der Waals surface area contributed by atoms with Crippen molar-refractivity contribution < 1.29 is 34.4 Å². The molecule has 0 saturated carbocycles. The van der Waals surface area contributed by atoms with E-state index in [1.54, 1.807) is 0 Å². The molecule has 0 amide bonds. The second kappa shape index (κ2) is 6.84. The van der Waals surface area contributed by atoms with Gasteiger partial charge in [0.25, 0.3) is 0 Å². The zero-order valence-corrected chi connectivity index (χ0v) is 7.26. The molecule has 2 N–H and O–H groups in total. The molecular weight excluding hydrogens is 196 g/mol. The molecule has 0 radical (unpaired) electrons. The summed E-state index contributed by atoms with van der Waals surface area (Å²) in [6, 6.07) is 0. The molecule has 14 heavy (non-hydrogen) atoms. The van der Waals surface area contributed by atoms with Gasteiger partial charge in [-0.1, -0.05) is 0 Å². The topological polar surface area (TPSA) is 110 Å². The van der Waals surface area contributed by atoms with Gasteiger partial charge in [-0.05, 0) is 0 Å². The number of carbonyl (C=O) groups excluding carboxylic acids is 1. The Morgan fingerprint density at radius 2 is 1.50 bits per heavy atom. The monoisotopic (exact) mass is 206 g/mol. The normalized spacial score (nSPS) is 9.43. The number of hydrogen-bond acceptors (Lipinski definition) is 5. The Balaban J connectivity index is 3.36. The third kappa shape index (κ3) is 8.47. The lowest BCUT2D eigenvalue weighted by atomic mass is 10.3. The van der Waals surface area contributed by atoms with Crippen LogP contribution in [-0.2, 0) is 24.2 Å². The minimum Gasteiger partial charge on any atom is -0.481 e. The number of aliphatic carboxylic acids is 2. The van der Waals surface area contributed by atoms with Gasteiger partial charge in [0.05, 0.1) is 19.3 Å². The molecule has 7 heteroatoms. The van der Waals surface area contributed by atoms with Gasteiger partial charge in [-0.3, -0.25) is 14.5 Å². The average Bonchev–Trinajstić information content (AvgIpc) is 2.08. The number of rotatable bonds is 7. The summed E-state index contributed by atoms with van der Waals surface area (Å²) in [6.07, 6.45) is -0.935. The van der Waals surface area contributed by atoms with Gasteiger partial charge in [-0.2, -0.15) is 4.89 Å². The molecule has 0 aliphatic heterocycles. The van der Waals surface area contributed by atoms with E-state index >= 15 is 0 Å². The maximum atomic E-state index is 10.6. The van der Waals surface area contributed by atoms with Gasteiger partial charge in [-0.25, -0.2) is 4.79 Å². The molecule has 0 bridgehead atoms. The number of carbonyl (C=O) groups is 3. The molecular formula is C7H10O7. The second-order valence-corrected chi connectivity index (χ2v) is 2.31. The Kier molecular flexibility index (Phi) is 6.04. The third-order valence-corrected chi connectivity index (χ3v) is 1.09. The molecule has 0 aliphatic rings. The Morgan fingerprint density at radius 3 is 2.00 bits per heavy atom. The van der Waals surface area contributed by atoms with Crippen molar-refractivity contribution in [2.24, 2.45) is 0 Å². The lowest BCUT2D eigenvalue weighted by Crippen LogP contribution is -2.10. The molecule has 0 heterocycles. The van der Waals surface area contributed by atoms with Crippen molar-refractivity contribution in [2.45, 2.75) is 19.3 Å². The fourth-order valence-corrected chi connectivity index (χ4v) is 0.487. The maximum Gasteiger partial charge on any atom is 0.342 e. The summed E-state index contributed by atoms with van der Waals surface area (Å²) in [5, 5.41) is 16.3. The van der Waals surface area contributed by atoms with Crippen molar-refractivity contribution in [1.82, 2.24) is 0 Å². The van der Waals surface area contributed by atoms with Gasteiger partial charge in [0, 0.05) is 0 Å². The van der Waals surface area contributed by atoms with Crippen molar-refractivity contribution in [3.63, 3.8) is 0 Å². The van der Waals surface area contributed by atoms with Gasteiger partial charge >= 0.3 is 17.9 Å². The summed E-state index contributed by atoms with van der Waals surface area (Å²) in [5.74, 6) is -3.03. The minimum absolute atomic E-state index is 0.256. The molecule has 0 atom stereocenters. The molecule has 0 saturated heterocycles. The summed E-state index contributed by atoms with van der Waals surface area (Å²) in [6.45, 7) is -0.256. The molecule has 0 fully saturated rings. The molecule has 0 aromatic carbocycles. The fraction of sp³-hybridized carbons (Fsp3) is 0.571. The highest BCUT2D eigenvalue weighted by atomic mass is 17.2. The maximum absolute atomic E-state index is 10.6. The molecule has 7 nitrogen and oxygen atoms in total. The zero-order valence-electron chi connectivity index (χ0n) is 7.26. The van der Waals surface area contributed by atoms with Crippen LogP contribution in [0.1, 0.15) is 19.3 Å². The van der Waals surface area contributed by atoms with Crippen LogP contribution in [-0.4, -0.2) is 34.7 Å².